The highest BCUT2D eigenvalue weighted by molar-refractivity contribution is 5.15. The third-order valence-corrected chi connectivity index (χ3v) is 4.30. The van der Waals surface area contributed by atoms with Gasteiger partial charge >= 0.3 is 0 Å². The fraction of sp³-hybridized carbons (Fsp3) is 0.786. The molecule has 1 aliphatic rings. The molecule has 0 aliphatic carbocycles. The van der Waals surface area contributed by atoms with E-state index in [0.717, 1.165) is 32.7 Å². The summed E-state index contributed by atoms with van der Waals surface area (Å²) < 4.78 is 2.34. The lowest BCUT2D eigenvalue weighted by atomic mass is 9.78. The smallest absolute Gasteiger partial charge is 0.0948 e. The van der Waals surface area contributed by atoms with Crippen LogP contribution in [0.5, 0.6) is 0 Å². The standard InChI is InChI=1S/C14H26N4/c1-4-17(3)9-10-18-12-16-11-13(18)14(2)5-7-15-8-6-14/h11-12,15H,4-10H2,1-3H3. The van der Waals surface area contributed by atoms with Gasteiger partial charge in [-0.05, 0) is 39.5 Å². The Morgan fingerprint density at radius 1 is 1.44 bits per heavy atom. The monoisotopic (exact) mass is 250 g/mol. The van der Waals surface area contributed by atoms with Crippen LogP contribution in [0.3, 0.4) is 0 Å². The van der Waals surface area contributed by atoms with Gasteiger partial charge in [-0.15, -0.1) is 0 Å². The van der Waals surface area contributed by atoms with E-state index in [4.69, 9.17) is 0 Å². The fourth-order valence-corrected chi connectivity index (χ4v) is 2.67. The maximum atomic E-state index is 4.37. The quantitative estimate of drug-likeness (QED) is 0.859. The van der Waals surface area contributed by atoms with Crippen molar-refractivity contribution in [3.63, 3.8) is 0 Å². The summed E-state index contributed by atoms with van der Waals surface area (Å²) in [5.41, 5.74) is 1.71. The molecular weight excluding hydrogens is 224 g/mol. The van der Waals surface area contributed by atoms with E-state index in [2.05, 4.69) is 46.9 Å². The number of hydrogen-bond acceptors (Lipinski definition) is 3. The Kier molecular flexibility index (Phi) is 4.40. The summed E-state index contributed by atoms with van der Waals surface area (Å²) in [5.74, 6) is 0. The van der Waals surface area contributed by atoms with Crippen LogP contribution >= 0.6 is 0 Å². The third kappa shape index (κ3) is 2.93. The van der Waals surface area contributed by atoms with Crippen LogP contribution in [0.4, 0.5) is 0 Å². The Balaban J connectivity index is 2.06. The lowest BCUT2D eigenvalue weighted by molar-refractivity contribution is 0.299. The van der Waals surface area contributed by atoms with Crippen molar-refractivity contribution >= 4 is 0 Å². The molecule has 0 bridgehead atoms. The summed E-state index contributed by atoms with van der Waals surface area (Å²) in [6.07, 6.45) is 6.48. The van der Waals surface area contributed by atoms with Gasteiger partial charge in [0.15, 0.2) is 0 Å². The fourth-order valence-electron chi connectivity index (χ4n) is 2.67. The zero-order valence-corrected chi connectivity index (χ0v) is 11.9. The maximum Gasteiger partial charge on any atom is 0.0948 e. The average molecular weight is 250 g/mol. The third-order valence-electron chi connectivity index (χ3n) is 4.30. The van der Waals surface area contributed by atoms with Gasteiger partial charge in [0.1, 0.15) is 0 Å². The first kappa shape index (κ1) is 13.6. The number of rotatable bonds is 5. The number of nitrogens with one attached hydrogen (secondary N) is 1. The highest BCUT2D eigenvalue weighted by Gasteiger charge is 2.31. The molecule has 1 N–H and O–H groups in total. The van der Waals surface area contributed by atoms with Crippen molar-refractivity contribution < 1.29 is 0 Å². The Labute approximate surface area is 110 Å². The molecule has 2 heterocycles. The van der Waals surface area contributed by atoms with Gasteiger partial charge in [-0.3, -0.25) is 0 Å². The molecule has 1 aliphatic heterocycles. The average Bonchev–Trinajstić information content (AvgIpc) is 2.86. The predicted octanol–water partition coefficient (Wildman–Crippen LogP) is 1.48. The minimum atomic E-state index is 0.298. The molecule has 1 aromatic heterocycles. The summed E-state index contributed by atoms with van der Waals surface area (Å²) in [7, 11) is 2.17. The molecule has 0 unspecified atom stereocenters. The van der Waals surface area contributed by atoms with Crippen LogP contribution in [0.25, 0.3) is 0 Å². The largest absolute Gasteiger partial charge is 0.333 e. The van der Waals surface area contributed by atoms with Crippen molar-refractivity contribution in [1.82, 2.24) is 19.8 Å². The molecular formula is C14H26N4. The van der Waals surface area contributed by atoms with Gasteiger partial charge in [0, 0.05) is 30.4 Å². The van der Waals surface area contributed by atoms with Crippen molar-refractivity contribution in [2.24, 2.45) is 0 Å². The highest BCUT2D eigenvalue weighted by atomic mass is 15.1. The van der Waals surface area contributed by atoms with E-state index in [-0.39, 0.29) is 0 Å². The zero-order chi connectivity index (χ0) is 13.0. The second-order valence-corrected chi connectivity index (χ2v) is 5.68. The molecule has 0 atom stereocenters. The minimum absolute atomic E-state index is 0.298. The SMILES string of the molecule is CCN(C)CCn1cncc1C1(C)CCNCC1. The van der Waals surface area contributed by atoms with Gasteiger partial charge in [-0.1, -0.05) is 13.8 Å². The van der Waals surface area contributed by atoms with E-state index in [0.29, 0.717) is 5.41 Å². The van der Waals surface area contributed by atoms with Crippen LogP contribution in [0.1, 0.15) is 32.4 Å². The van der Waals surface area contributed by atoms with Gasteiger partial charge in [0.05, 0.1) is 6.33 Å². The number of imidazole rings is 1. The van der Waals surface area contributed by atoms with Crippen LogP contribution < -0.4 is 5.32 Å². The number of likely N-dealkylation sites (N-methyl/N-ethyl adjacent to an activating group) is 1. The van der Waals surface area contributed by atoms with Crippen LogP contribution in [-0.2, 0) is 12.0 Å². The lowest BCUT2D eigenvalue weighted by Gasteiger charge is -2.34. The highest BCUT2D eigenvalue weighted by Crippen LogP contribution is 2.32. The first-order valence-corrected chi connectivity index (χ1v) is 7.05. The van der Waals surface area contributed by atoms with Crippen LogP contribution in [0, 0.1) is 0 Å². The van der Waals surface area contributed by atoms with Crippen LogP contribution in [-0.4, -0.2) is 47.7 Å². The van der Waals surface area contributed by atoms with E-state index >= 15 is 0 Å². The Morgan fingerprint density at radius 3 is 2.83 bits per heavy atom. The molecule has 1 fully saturated rings. The molecule has 0 amide bonds. The van der Waals surface area contributed by atoms with Gasteiger partial charge in [-0.2, -0.15) is 0 Å². The molecule has 0 spiro atoms. The van der Waals surface area contributed by atoms with Crippen molar-refractivity contribution in [3.8, 4) is 0 Å². The normalized spacial score (nSPS) is 19.3. The van der Waals surface area contributed by atoms with Crippen LogP contribution in [0.15, 0.2) is 12.5 Å². The number of nitrogens with zero attached hydrogens (tertiary/aromatic N) is 3. The van der Waals surface area contributed by atoms with E-state index in [1.807, 2.05) is 6.33 Å². The summed E-state index contributed by atoms with van der Waals surface area (Å²) in [4.78, 5) is 6.71. The molecule has 0 aromatic carbocycles. The number of aromatic nitrogens is 2. The molecule has 4 nitrogen and oxygen atoms in total. The van der Waals surface area contributed by atoms with Crippen LogP contribution in [0.2, 0.25) is 0 Å². The summed E-state index contributed by atoms with van der Waals surface area (Å²) in [6.45, 7) is 10.1. The number of piperidine rings is 1. The topological polar surface area (TPSA) is 33.1 Å². The molecule has 1 saturated heterocycles. The molecule has 102 valence electrons. The Bertz CT molecular complexity index is 366. The van der Waals surface area contributed by atoms with Gasteiger partial charge in [0.25, 0.3) is 0 Å². The van der Waals surface area contributed by atoms with E-state index in [1.165, 1.54) is 18.5 Å². The van der Waals surface area contributed by atoms with Crippen molar-refractivity contribution in [2.75, 3.05) is 33.2 Å². The Morgan fingerprint density at radius 2 is 2.17 bits per heavy atom. The van der Waals surface area contributed by atoms with Crippen molar-refractivity contribution in [1.29, 1.82) is 0 Å². The zero-order valence-electron chi connectivity index (χ0n) is 11.9. The maximum absolute atomic E-state index is 4.37. The minimum Gasteiger partial charge on any atom is -0.333 e. The second kappa shape index (κ2) is 5.85. The van der Waals surface area contributed by atoms with Gasteiger partial charge < -0.3 is 14.8 Å². The molecule has 1 aromatic rings. The van der Waals surface area contributed by atoms with E-state index < -0.39 is 0 Å². The summed E-state index contributed by atoms with van der Waals surface area (Å²) >= 11 is 0. The van der Waals surface area contributed by atoms with Crippen molar-refractivity contribution in [2.45, 2.75) is 38.6 Å². The predicted molar refractivity (Wildman–Crippen MR) is 74.9 cm³/mol. The molecule has 18 heavy (non-hydrogen) atoms. The van der Waals surface area contributed by atoms with E-state index in [1.54, 1.807) is 0 Å². The van der Waals surface area contributed by atoms with Gasteiger partial charge in [-0.25, -0.2) is 4.98 Å². The lowest BCUT2D eigenvalue weighted by Crippen LogP contribution is -2.39. The second-order valence-electron chi connectivity index (χ2n) is 5.68. The Hall–Kier alpha value is -0.870. The molecule has 0 saturated carbocycles. The molecule has 0 radical (unpaired) electrons. The molecule has 4 heteroatoms. The summed E-state index contributed by atoms with van der Waals surface area (Å²) in [5, 5.41) is 3.44. The van der Waals surface area contributed by atoms with Crippen molar-refractivity contribution in [3.05, 3.63) is 18.2 Å². The summed E-state index contributed by atoms with van der Waals surface area (Å²) in [6, 6.07) is 0. The van der Waals surface area contributed by atoms with Gasteiger partial charge in [0.2, 0.25) is 0 Å². The first-order chi connectivity index (χ1) is 8.65. The number of hydrogen-bond donors (Lipinski definition) is 1. The first-order valence-electron chi connectivity index (χ1n) is 7.05. The molecule has 2 rings (SSSR count). The van der Waals surface area contributed by atoms with E-state index in [9.17, 15) is 0 Å².